The Balaban J connectivity index is 1.98. The molecule has 3 nitrogen and oxygen atoms in total. The first-order valence-corrected chi connectivity index (χ1v) is 6.39. The van der Waals surface area contributed by atoms with Crippen LogP contribution >= 0.6 is 0 Å². The van der Waals surface area contributed by atoms with Crippen molar-refractivity contribution in [3.8, 4) is 0 Å². The van der Waals surface area contributed by atoms with Gasteiger partial charge in [-0.05, 0) is 31.9 Å². The van der Waals surface area contributed by atoms with Crippen LogP contribution in [-0.2, 0) is 5.54 Å². The molecule has 1 saturated heterocycles. The lowest BCUT2D eigenvalue weighted by atomic mass is 9.92. The summed E-state index contributed by atoms with van der Waals surface area (Å²) in [7, 11) is 0. The fourth-order valence-electron chi connectivity index (χ4n) is 2.33. The Morgan fingerprint density at radius 2 is 2.18 bits per heavy atom. The van der Waals surface area contributed by atoms with E-state index in [1.54, 1.807) is 0 Å². The van der Waals surface area contributed by atoms with E-state index in [1.165, 1.54) is 12.8 Å². The molecule has 94 valence electrons. The SMILES string of the molecule is CC(CO)(NCC1CCCN1)c1ccccc1. The van der Waals surface area contributed by atoms with Gasteiger partial charge in [0.2, 0.25) is 0 Å². The lowest BCUT2D eigenvalue weighted by Crippen LogP contribution is -2.47. The highest BCUT2D eigenvalue weighted by molar-refractivity contribution is 5.23. The van der Waals surface area contributed by atoms with Gasteiger partial charge in [-0.15, -0.1) is 0 Å². The molecule has 1 aliphatic heterocycles. The van der Waals surface area contributed by atoms with Gasteiger partial charge in [0.05, 0.1) is 12.1 Å². The molecule has 0 amide bonds. The third-order valence-electron chi connectivity index (χ3n) is 3.63. The van der Waals surface area contributed by atoms with Gasteiger partial charge in [-0.2, -0.15) is 0 Å². The molecule has 1 aromatic carbocycles. The molecule has 0 aromatic heterocycles. The van der Waals surface area contributed by atoms with Crippen LogP contribution in [0.2, 0.25) is 0 Å². The van der Waals surface area contributed by atoms with E-state index >= 15 is 0 Å². The number of benzene rings is 1. The molecular formula is C14H22N2O. The molecule has 3 N–H and O–H groups in total. The number of hydrogen-bond acceptors (Lipinski definition) is 3. The Hall–Kier alpha value is -0.900. The standard InChI is InChI=1S/C14H22N2O/c1-14(11-17,12-6-3-2-4-7-12)16-10-13-8-5-9-15-13/h2-4,6-7,13,15-17H,5,8-11H2,1H3. The zero-order valence-corrected chi connectivity index (χ0v) is 10.4. The molecule has 17 heavy (non-hydrogen) atoms. The van der Waals surface area contributed by atoms with Gasteiger partial charge >= 0.3 is 0 Å². The maximum Gasteiger partial charge on any atom is 0.0652 e. The number of nitrogens with one attached hydrogen (secondary N) is 2. The van der Waals surface area contributed by atoms with E-state index in [1.807, 2.05) is 18.2 Å². The van der Waals surface area contributed by atoms with E-state index in [2.05, 4.69) is 29.7 Å². The largest absolute Gasteiger partial charge is 0.394 e. The van der Waals surface area contributed by atoms with E-state index in [-0.39, 0.29) is 12.1 Å². The van der Waals surface area contributed by atoms with Gasteiger partial charge in [-0.25, -0.2) is 0 Å². The minimum atomic E-state index is -0.342. The van der Waals surface area contributed by atoms with Crippen LogP contribution in [0.15, 0.2) is 30.3 Å². The van der Waals surface area contributed by atoms with Crippen LogP contribution in [0.4, 0.5) is 0 Å². The van der Waals surface area contributed by atoms with E-state index in [0.717, 1.165) is 18.7 Å². The van der Waals surface area contributed by atoms with Gasteiger partial charge in [-0.3, -0.25) is 0 Å². The molecular weight excluding hydrogens is 212 g/mol. The Labute approximate surface area is 103 Å². The summed E-state index contributed by atoms with van der Waals surface area (Å²) in [5.74, 6) is 0. The summed E-state index contributed by atoms with van der Waals surface area (Å²) in [4.78, 5) is 0. The monoisotopic (exact) mass is 234 g/mol. The molecule has 1 fully saturated rings. The van der Waals surface area contributed by atoms with Gasteiger partial charge in [0.25, 0.3) is 0 Å². The third-order valence-corrected chi connectivity index (χ3v) is 3.63. The molecule has 1 aromatic rings. The summed E-state index contributed by atoms with van der Waals surface area (Å²) in [6.45, 7) is 4.19. The van der Waals surface area contributed by atoms with Crippen molar-refractivity contribution < 1.29 is 5.11 Å². The maximum atomic E-state index is 9.63. The molecule has 0 aliphatic carbocycles. The van der Waals surface area contributed by atoms with Gasteiger partial charge < -0.3 is 15.7 Å². The highest BCUT2D eigenvalue weighted by Gasteiger charge is 2.26. The van der Waals surface area contributed by atoms with E-state index in [0.29, 0.717) is 6.04 Å². The Kier molecular flexibility index (Phi) is 4.15. The van der Waals surface area contributed by atoms with E-state index in [4.69, 9.17) is 0 Å². The Bertz CT molecular complexity index is 335. The van der Waals surface area contributed by atoms with Crippen molar-refractivity contribution in [3.05, 3.63) is 35.9 Å². The van der Waals surface area contributed by atoms with Gasteiger partial charge in [0, 0.05) is 12.6 Å². The zero-order valence-electron chi connectivity index (χ0n) is 10.4. The lowest BCUT2D eigenvalue weighted by Gasteiger charge is -2.31. The summed E-state index contributed by atoms with van der Waals surface area (Å²) in [6.07, 6.45) is 2.48. The highest BCUT2D eigenvalue weighted by Crippen LogP contribution is 2.20. The van der Waals surface area contributed by atoms with Crippen LogP contribution in [0, 0.1) is 0 Å². The van der Waals surface area contributed by atoms with Crippen molar-refractivity contribution in [1.82, 2.24) is 10.6 Å². The Morgan fingerprint density at radius 1 is 1.41 bits per heavy atom. The molecule has 2 atom stereocenters. The van der Waals surface area contributed by atoms with Crippen LogP contribution in [0.25, 0.3) is 0 Å². The number of aliphatic hydroxyl groups excluding tert-OH is 1. The average molecular weight is 234 g/mol. The van der Waals surface area contributed by atoms with Crippen LogP contribution in [0.3, 0.4) is 0 Å². The van der Waals surface area contributed by atoms with Crippen molar-refractivity contribution in [2.24, 2.45) is 0 Å². The van der Waals surface area contributed by atoms with Crippen LogP contribution < -0.4 is 10.6 Å². The quantitative estimate of drug-likeness (QED) is 0.718. The number of aliphatic hydroxyl groups is 1. The summed E-state index contributed by atoms with van der Waals surface area (Å²) < 4.78 is 0. The van der Waals surface area contributed by atoms with Crippen molar-refractivity contribution in [1.29, 1.82) is 0 Å². The predicted molar refractivity (Wildman–Crippen MR) is 69.9 cm³/mol. The molecule has 0 radical (unpaired) electrons. The molecule has 1 aliphatic rings. The predicted octanol–water partition coefficient (Wildman–Crippen LogP) is 1.24. The van der Waals surface area contributed by atoms with Crippen molar-refractivity contribution in [2.45, 2.75) is 31.3 Å². The van der Waals surface area contributed by atoms with Gasteiger partial charge in [0.1, 0.15) is 0 Å². The molecule has 2 rings (SSSR count). The second kappa shape index (κ2) is 5.63. The fourth-order valence-corrected chi connectivity index (χ4v) is 2.33. The van der Waals surface area contributed by atoms with Crippen LogP contribution in [0.5, 0.6) is 0 Å². The van der Waals surface area contributed by atoms with Crippen LogP contribution in [0.1, 0.15) is 25.3 Å². The molecule has 3 heteroatoms. The third kappa shape index (κ3) is 3.06. The van der Waals surface area contributed by atoms with Gasteiger partial charge in [0.15, 0.2) is 0 Å². The van der Waals surface area contributed by atoms with Crippen LogP contribution in [-0.4, -0.2) is 30.8 Å². The molecule has 2 unspecified atom stereocenters. The smallest absolute Gasteiger partial charge is 0.0652 e. The van der Waals surface area contributed by atoms with E-state index < -0.39 is 0 Å². The van der Waals surface area contributed by atoms with Gasteiger partial charge in [-0.1, -0.05) is 30.3 Å². The van der Waals surface area contributed by atoms with E-state index in [9.17, 15) is 5.11 Å². The molecule has 0 saturated carbocycles. The first-order chi connectivity index (χ1) is 8.24. The topological polar surface area (TPSA) is 44.3 Å². The lowest BCUT2D eigenvalue weighted by molar-refractivity contribution is 0.172. The summed E-state index contributed by atoms with van der Waals surface area (Å²) >= 11 is 0. The summed E-state index contributed by atoms with van der Waals surface area (Å²) in [6, 6.07) is 10.7. The minimum Gasteiger partial charge on any atom is -0.394 e. The maximum absolute atomic E-state index is 9.63. The van der Waals surface area contributed by atoms with Crippen molar-refractivity contribution >= 4 is 0 Å². The number of rotatable bonds is 5. The first kappa shape index (κ1) is 12.6. The second-order valence-corrected chi connectivity index (χ2v) is 5.03. The average Bonchev–Trinajstić information content (AvgIpc) is 2.90. The highest BCUT2D eigenvalue weighted by atomic mass is 16.3. The minimum absolute atomic E-state index is 0.115. The Morgan fingerprint density at radius 3 is 2.76 bits per heavy atom. The molecule has 1 heterocycles. The number of hydrogen-bond donors (Lipinski definition) is 3. The zero-order chi connectivity index (χ0) is 12.1. The summed E-state index contributed by atoms with van der Waals surface area (Å²) in [5, 5.41) is 16.6. The van der Waals surface area contributed by atoms with Crippen molar-refractivity contribution in [3.63, 3.8) is 0 Å². The second-order valence-electron chi connectivity index (χ2n) is 5.03. The fraction of sp³-hybridized carbons (Fsp3) is 0.571. The normalized spacial score (nSPS) is 23.5. The molecule has 0 bridgehead atoms. The van der Waals surface area contributed by atoms with Crippen molar-refractivity contribution in [2.75, 3.05) is 19.7 Å². The molecule has 0 spiro atoms. The first-order valence-electron chi connectivity index (χ1n) is 6.39. The summed E-state index contributed by atoms with van der Waals surface area (Å²) in [5.41, 5.74) is 0.798.